The minimum atomic E-state index is -3.55. The molecule has 1 saturated heterocycles. The van der Waals surface area contributed by atoms with Gasteiger partial charge in [-0.15, -0.1) is 11.3 Å². The molecule has 1 fully saturated rings. The van der Waals surface area contributed by atoms with Gasteiger partial charge in [-0.05, 0) is 44.4 Å². The van der Waals surface area contributed by atoms with Crippen LogP contribution in [0.5, 0.6) is 0 Å². The van der Waals surface area contributed by atoms with Crippen LogP contribution in [0.4, 0.5) is 5.00 Å². The molecule has 0 aliphatic carbocycles. The van der Waals surface area contributed by atoms with E-state index >= 15 is 0 Å². The van der Waals surface area contributed by atoms with Crippen LogP contribution in [-0.4, -0.2) is 37.6 Å². The molecule has 3 N–H and O–H groups in total. The first kappa shape index (κ1) is 20.5. The van der Waals surface area contributed by atoms with Crippen molar-refractivity contribution in [3.05, 3.63) is 46.3 Å². The Morgan fingerprint density at radius 3 is 2.32 bits per heavy atom. The van der Waals surface area contributed by atoms with Gasteiger partial charge in [-0.1, -0.05) is 18.2 Å². The van der Waals surface area contributed by atoms with E-state index in [0.29, 0.717) is 23.4 Å². The molecule has 28 heavy (non-hydrogen) atoms. The van der Waals surface area contributed by atoms with Crippen molar-refractivity contribution in [1.29, 1.82) is 0 Å². The topological polar surface area (TPSA) is 110 Å². The van der Waals surface area contributed by atoms with Crippen molar-refractivity contribution >= 4 is 38.2 Å². The van der Waals surface area contributed by atoms with Crippen molar-refractivity contribution in [2.45, 2.75) is 31.6 Å². The van der Waals surface area contributed by atoms with E-state index in [2.05, 4.69) is 5.32 Å². The van der Waals surface area contributed by atoms with Gasteiger partial charge in [0.05, 0.1) is 10.5 Å². The zero-order chi connectivity index (χ0) is 20.5. The number of benzene rings is 1. The van der Waals surface area contributed by atoms with Crippen LogP contribution in [0.1, 0.15) is 33.6 Å². The number of carbonyl (C=O) groups is 2. The molecule has 150 valence electrons. The summed E-state index contributed by atoms with van der Waals surface area (Å²) in [5, 5.41) is 3.28. The number of nitrogens with zero attached hydrogens (tertiary/aromatic N) is 1. The predicted octanol–water partition coefficient (Wildman–Crippen LogP) is 2.50. The lowest BCUT2D eigenvalue weighted by atomic mass is 9.97. The minimum absolute atomic E-state index is 0.208. The van der Waals surface area contributed by atoms with Crippen molar-refractivity contribution in [1.82, 2.24) is 4.31 Å². The Morgan fingerprint density at radius 1 is 1.14 bits per heavy atom. The van der Waals surface area contributed by atoms with Crippen LogP contribution in [0, 0.1) is 19.8 Å². The molecule has 1 aliphatic rings. The van der Waals surface area contributed by atoms with Crippen LogP contribution in [0.15, 0.2) is 35.2 Å². The number of amides is 2. The van der Waals surface area contributed by atoms with E-state index < -0.39 is 15.9 Å². The molecule has 0 unspecified atom stereocenters. The zero-order valence-electron chi connectivity index (χ0n) is 15.8. The normalized spacial score (nSPS) is 16.1. The Bertz CT molecular complexity index is 992. The first-order valence-electron chi connectivity index (χ1n) is 8.97. The van der Waals surface area contributed by atoms with Crippen molar-refractivity contribution in [2.24, 2.45) is 11.7 Å². The molecular formula is C19H23N3O4S2. The molecule has 2 amide bonds. The quantitative estimate of drug-likeness (QED) is 0.773. The number of hydrogen-bond donors (Lipinski definition) is 2. The van der Waals surface area contributed by atoms with E-state index in [1.165, 1.54) is 15.6 Å². The summed E-state index contributed by atoms with van der Waals surface area (Å²) in [7, 11) is -3.55. The molecule has 2 aromatic rings. The molecule has 0 atom stereocenters. The molecular weight excluding hydrogens is 398 g/mol. The summed E-state index contributed by atoms with van der Waals surface area (Å²) in [6.07, 6.45) is 0.848. The van der Waals surface area contributed by atoms with Gasteiger partial charge in [0, 0.05) is 23.9 Å². The smallest absolute Gasteiger partial charge is 0.251 e. The highest BCUT2D eigenvalue weighted by Crippen LogP contribution is 2.33. The number of rotatable bonds is 5. The molecule has 0 saturated carbocycles. The molecule has 0 bridgehead atoms. The molecule has 0 spiro atoms. The van der Waals surface area contributed by atoms with E-state index in [-0.39, 0.29) is 29.8 Å². The summed E-state index contributed by atoms with van der Waals surface area (Å²) in [5.41, 5.74) is 6.57. The maximum atomic E-state index is 12.7. The molecule has 1 aromatic heterocycles. The predicted molar refractivity (Wildman–Crippen MR) is 109 cm³/mol. The maximum Gasteiger partial charge on any atom is 0.251 e. The van der Waals surface area contributed by atoms with Gasteiger partial charge in [0.2, 0.25) is 15.9 Å². The number of anilines is 1. The van der Waals surface area contributed by atoms with Crippen LogP contribution in [0.25, 0.3) is 0 Å². The van der Waals surface area contributed by atoms with E-state index in [0.717, 1.165) is 10.4 Å². The van der Waals surface area contributed by atoms with Gasteiger partial charge in [-0.25, -0.2) is 8.42 Å². The maximum absolute atomic E-state index is 12.7. The van der Waals surface area contributed by atoms with Crippen LogP contribution < -0.4 is 11.1 Å². The van der Waals surface area contributed by atoms with Crippen molar-refractivity contribution in [3.8, 4) is 0 Å². The highest BCUT2D eigenvalue weighted by molar-refractivity contribution is 7.89. The average molecular weight is 422 g/mol. The Balaban J connectivity index is 1.67. The number of piperidine rings is 1. The third kappa shape index (κ3) is 3.96. The Hall–Kier alpha value is -2.23. The van der Waals surface area contributed by atoms with Gasteiger partial charge < -0.3 is 11.1 Å². The molecule has 0 radical (unpaired) electrons. The molecule has 2 heterocycles. The van der Waals surface area contributed by atoms with E-state index in [9.17, 15) is 18.0 Å². The summed E-state index contributed by atoms with van der Waals surface area (Å²) in [6, 6.07) is 8.29. The number of nitrogens with one attached hydrogen (secondary N) is 1. The summed E-state index contributed by atoms with van der Waals surface area (Å²) >= 11 is 1.32. The second-order valence-corrected chi connectivity index (χ2v) is 9.99. The number of aryl methyl sites for hydroxylation is 1. The fourth-order valence-electron chi connectivity index (χ4n) is 3.33. The monoisotopic (exact) mass is 421 g/mol. The lowest BCUT2D eigenvalue weighted by Crippen LogP contribution is -2.41. The number of thiophene rings is 1. The number of sulfonamides is 1. The minimum Gasteiger partial charge on any atom is -0.365 e. The Labute approximate surface area is 168 Å². The summed E-state index contributed by atoms with van der Waals surface area (Å²) < 4.78 is 26.8. The Morgan fingerprint density at radius 2 is 1.75 bits per heavy atom. The van der Waals surface area contributed by atoms with E-state index in [1.807, 2.05) is 6.92 Å². The largest absolute Gasteiger partial charge is 0.365 e. The van der Waals surface area contributed by atoms with Crippen LogP contribution in [0.2, 0.25) is 0 Å². The summed E-state index contributed by atoms with van der Waals surface area (Å²) in [5.74, 6) is -1.09. The standard InChI is InChI=1S/C19H23N3O4S2/c1-12-13(2)27-19(16(12)17(20)23)21-18(24)14-8-10-22(11-9-14)28(25,26)15-6-4-3-5-7-15/h3-7,14H,8-11H2,1-2H3,(H2,20,23)(H,21,24). The van der Waals surface area contributed by atoms with Crippen molar-refractivity contribution in [3.63, 3.8) is 0 Å². The van der Waals surface area contributed by atoms with E-state index in [1.54, 1.807) is 37.3 Å². The van der Waals surface area contributed by atoms with Gasteiger partial charge in [0.1, 0.15) is 5.00 Å². The highest BCUT2D eigenvalue weighted by Gasteiger charge is 2.32. The van der Waals surface area contributed by atoms with Crippen LogP contribution in [0.3, 0.4) is 0 Å². The van der Waals surface area contributed by atoms with Gasteiger partial charge in [-0.3, -0.25) is 9.59 Å². The van der Waals surface area contributed by atoms with E-state index in [4.69, 9.17) is 5.73 Å². The van der Waals surface area contributed by atoms with Gasteiger partial charge >= 0.3 is 0 Å². The summed E-state index contributed by atoms with van der Waals surface area (Å²) in [6.45, 7) is 4.23. The van der Waals surface area contributed by atoms with Crippen LogP contribution >= 0.6 is 11.3 Å². The number of carbonyl (C=O) groups excluding carboxylic acids is 2. The number of hydrogen-bond acceptors (Lipinski definition) is 5. The highest BCUT2D eigenvalue weighted by atomic mass is 32.2. The lowest BCUT2D eigenvalue weighted by molar-refractivity contribution is -0.120. The molecule has 7 nitrogen and oxygen atoms in total. The fraction of sp³-hybridized carbons (Fsp3) is 0.368. The lowest BCUT2D eigenvalue weighted by Gasteiger charge is -2.30. The molecule has 9 heteroatoms. The average Bonchev–Trinajstić information content (AvgIpc) is 2.96. The molecule has 1 aromatic carbocycles. The number of nitrogens with two attached hydrogens (primary N) is 1. The zero-order valence-corrected chi connectivity index (χ0v) is 17.4. The van der Waals surface area contributed by atoms with Crippen LogP contribution in [-0.2, 0) is 14.8 Å². The fourth-order valence-corrected chi connectivity index (χ4v) is 5.89. The summed E-state index contributed by atoms with van der Waals surface area (Å²) in [4.78, 5) is 25.6. The third-order valence-electron chi connectivity index (χ3n) is 5.07. The second kappa shape index (κ2) is 8.02. The molecule has 1 aliphatic heterocycles. The van der Waals surface area contributed by atoms with Crippen molar-refractivity contribution in [2.75, 3.05) is 18.4 Å². The van der Waals surface area contributed by atoms with Gasteiger partial charge in [0.25, 0.3) is 5.91 Å². The Kier molecular flexibility index (Phi) is 5.87. The van der Waals surface area contributed by atoms with Crippen molar-refractivity contribution < 1.29 is 18.0 Å². The van der Waals surface area contributed by atoms with Gasteiger partial charge in [-0.2, -0.15) is 4.31 Å². The second-order valence-electron chi connectivity index (χ2n) is 6.83. The number of primary amides is 1. The molecule has 3 rings (SSSR count). The first-order chi connectivity index (χ1) is 13.2. The third-order valence-corrected chi connectivity index (χ3v) is 8.11. The van der Waals surface area contributed by atoms with Gasteiger partial charge in [0.15, 0.2) is 0 Å². The first-order valence-corrected chi connectivity index (χ1v) is 11.2. The SMILES string of the molecule is Cc1sc(NC(=O)C2CCN(S(=O)(=O)c3ccccc3)CC2)c(C(N)=O)c1C.